The summed E-state index contributed by atoms with van der Waals surface area (Å²) in [5.41, 5.74) is 6.37. The number of ether oxygens (including phenoxy) is 1. The number of halogens is 2. The Labute approximate surface area is 117 Å². The lowest BCUT2D eigenvalue weighted by molar-refractivity contribution is 0.0596. The van der Waals surface area contributed by atoms with Crippen LogP contribution in [-0.2, 0) is 4.74 Å². The van der Waals surface area contributed by atoms with Gasteiger partial charge in [0.2, 0.25) is 0 Å². The second kappa shape index (κ2) is 5.14. The van der Waals surface area contributed by atoms with E-state index in [1.54, 1.807) is 18.2 Å². The van der Waals surface area contributed by atoms with Crippen molar-refractivity contribution in [1.29, 1.82) is 0 Å². The molecule has 1 aromatic heterocycles. The zero-order valence-electron chi connectivity index (χ0n) is 9.24. The molecule has 7 heteroatoms. The summed E-state index contributed by atoms with van der Waals surface area (Å²) in [6.45, 7) is 0. The molecule has 0 fully saturated rings. The van der Waals surface area contributed by atoms with Crippen LogP contribution in [0.1, 0.15) is 10.5 Å². The first-order chi connectivity index (χ1) is 8.54. The van der Waals surface area contributed by atoms with Gasteiger partial charge in [-0.15, -0.1) is 0 Å². The van der Waals surface area contributed by atoms with Crippen molar-refractivity contribution >= 4 is 45.6 Å². The molecular weight excluding hydrogens is 295 g/mol. The van der Waals surface area contributed by atoms with Crippen LogP contribution in [0.3, 0.4) is 0 Å². The van der Waals surface area contributed by atoms with Crippen LogP contribution < -0.4 is 5.73 Å². The second-order valence-corrected chi connectivity index (χ2v) is 5.14. The number of thiazole rings is 1. The summed E-state index contributed by atoms with van der Waals surface area (Å²) in [6, 6.07) is 5.14. The van der Waals surface area contributed by atoms with E-state index < -0.39 is 5.97 Å². The number of esters is 1. The standard InChI is InChI=1S/C11H8Cl2N2O2S/c1-17-10(16)8-9(18-11(14)15-8)5-3-2-4-6(12)7(5)13/h2-4H,1H3,(H2,14,15). The van der Waals surface area contributed by atoms with E-state index in [1.165, 1.54) is 7.11 Å². The molecule has 0 bridgehead atoms. The van der Waals surface area contributed by atoms with Gasteiger partial charge in [0.15, 0.2) is 10.8 Å². The molecule has 0 amide bonds. The van der Waals surface area contributed by atoms with Gasteiger partial charge < -0.3 is 10.5 Å². The maximum absolute atomic E-state index is 11.6. The maximum atomic E-state index is 11.6. The van der Waals surface area contributed by atoms with Crippen LogP contribution in [0.5, 0.6) is 0 Å². The van der Waals surface area contributed by atoms with E-state index >= 15 is 0 Å². The van der Waals surface area contributed by atoms with Gasteiger partial charge in [0.1, 0.15) is 0 Å². The molecule has 1 heterocycles. The number of aromatic nitrogens is 1. The van der Waals surface area contributed by atoms with Gasteiger partial charge in [-0.1, -0.05) is 46.7 Å². The van der Waals surface area contributed by atoms with Gasteiger partial charge >= 0.3 is 5.97 Å². The topological polar surface area (TPSA) is 65.2 Å². The summed E-state index contributed by atoms with van der Waals surface area (Å²) in [4.78, 5) is 16.1. The lowest BCUT2D eigenvalue weighted by atomic mass is 10.1. The minimum Gasteiger partial charge on any atom is -0.464 e. The quantitative estimate of drug-likeness (QED) is 0.863. The number of carbonyl (C=O) groups is 1. The molecule has 1 aromatic carbocycles. The molecule has 0 spiro atoms. The number of hydrogen-bond acceptors (Lipinski definition) is 5. The third-order valence-corrected chi connectivity index (χ3v) is 3.96. The zero-order chi connectivity index (χ0) is 13.3. The number of nitrogens with zero attached hydrogens (tertiary/aromatic N) is 1. The number of carbonyl (C=O) groups excluding carboxylic acids is 1. The number of hydrogen-bond donors (Lipinski definition) is 1. The number of nitrogen functional groups attached to an aromatic ring is 1. The zero-order valence-corrected chi connectivity index (χ0v) is 11.6. The van der Waals surface area contributed by atoms with Crippen LogP contribution in [0, 0.1) is 0 Å². The molecule has 0 radical (unpaired) electrons. The minimum atomic E-state index is -0.561. The van der Waals surface area contributed by atoms with Crippen molar-refractivity contribution in [3.63, 3.8) is 0 Å². The highest BCUT2D eigenvalue weighted by Gasteiger charge is 2.21. The molecule has 0 saturated carbocycles. The molecule has 0 aliphatic rings. The Kier molecular flexibility index (Phi) is 3.75. The van der Waals surface area contributed by atoms with Gasteiger partial charge in [0.05, 0.1) is 22.0 Å². The fourth-order valence-corrected chi connectivity index (χ4v) is 2.74. The van der Waals surface area contributed by atoms with E-state index in [4.69, 9.17) is 28.9 Å². The summed E-state index contributed by atoms with van der Waals surface area (Å²) in [5, 5.41) is 1.02. The molecule has 0 atom stereocenters. The van der Waals surface area contributed by atoms with Crippen molar-refractivity contribution in [2.24, 2.45) is 0 Å². The van der Waals surface area contributed by atoms with Crippen LogP contribution in [0.2, 0.25) is 10.0 Å². The Balaban J connectivity index is 2.64. The Morgan fingerprint density at radius 2 is 2.17 bits per heavy atom. The van der Waals surface area contributed by atoms with Crippen LogP contribution in [0.25, 0.3) is 10.4 Å². The smallest absolute Gasteiger partial charge is 0.358 e. The Bertz CT molecular complexity index is 613. The van der Waals surface area contributed by atoms with E-state index in [-0.39, 0.29) is 10.8 Å². The number of benzene rings is 1. The van der Waals surface area contributed by atoms with Crippen molar-refractivity contribution < 1.29 is 9.53 Å². The Morgan fingerprint density at radius 1 is 1.44 bits per heavy atom. The normalized spacial score (nSPS) is 10.4. The molecular formula is C11H8Cl2N2O2S. The molecule has 0 aliphatic heterocycles. The van der Waals surface area contributed by atoms with Crippen LogP contribution >= 0.6 is 34.5 Å². The number of rotatable bonds is 2. The highest BCUT2D eigenvalue weighted by Crippen LogP contribution is 2.39. The molecule has 0 saturated heterocycles. The fourth-order valence-electron chi connectivity index (χ4n) is 1.43. The maximum Gasteiger partial charge on any atom is 0.358 e. The highest BCUT2D eigenvalue weighted by molar-refractivity contribution is 7.19. The molecule has 94 valence electrons. The summed E-state index contributed by atoms with van der Waals surface area (Å²) in [7, 11) is 1.28. The van der Waals surface area contributed by atoms with Gasteiger partial charge in [-0.3, -0.25) is 0 Å². The molecule has 0 aliphatic carbocycles. The fraction of sp³-hybridized carbons (Fsp3) is 0.0909. The average molecular weight is 303 g/mol. The molecule has 4 nitrogen and oxygen atoms in total. The predicted molar refractivity (Wildman–Crippen MR) is 73.3 cm³/mol. The van der Waals surface area contributed by atoms with E-state index in [0.29, 0.717) is 20.5 Å². The van der Waals surface area contributed by atoms with E-state index in [2.05, 4.69) is 9.72 Å². The summed E-state index contributed by atoms with van der Waals surface area (Å²) in [5.74, 6) is -0.561. The van der Waals surface area contributed by atoms with Gasteiger partial charge in [0, 0.05) is 5.56 Å². The van der Waals surface area contributed by atoms with Gasteiger partial charge in [0.25, 0.3) is 0 Å². The first kappa shape index (κ1) is 13.1. The lowest BCUT2D eigenvalue weighted by Gasteiger charge is -2.04. The summed E-state index contributed by atoms with van der Waals surface area (Å²) < 4.78 is 4.66. The molecule has 2 aromatic rings. The van der Waals surface area contributed by atoms with Gasteiger partial charge in [-0.2, -0.15) is 0 Å². The van der Waals surface area contributed by atoms with Crippen molar-refractivity contribution in [2.75, 3.05) is 12.8 Å². The first-order valence-electron chi connectivity index (χ1n) is 4.83. The van der Waals surface area contributed by atoms with Crippen molar-refractivity contribution in [3.05, 3.63) is 33.9 Å². The number of nitrogens with two attached hydrogens (primary N) is 1. The average Bonchev–Trinajstić information content (AvgIpc) is 2.73. The third-order valence-electron chi connectivity index (χ3n) is 2.22. The van der Waals surface area contributed by atoms with E-state index in [9.17, 15) is 4.79 Å². The van der Waals surface area contributed by atoms with Crippen molar-refractivity contribution in [1.82, 2.24) is 4.98 Å². The second-order valence-electron chi connectivity index (χ2n) is 3.32. The summed E-state index contributed by atoms with van der Waals surface area (Å²) in [6.07, 6.45) is 0. The third kappa shape index (κ3) is 2.29. The molecule has 18 heavy (non-hydrogen) atoms. The lowest BCUT2D eigenvalue weighted by Crippen LogP contribution is -2.03. The molecule has 0 unspecified atom stereocenters. The van der Waals surface area contributed by atoms with Crippen LogP contribution in [-0.4, -0.2) is 18.1 Å². The van der Waals surface area contributed by atoms with E-state index in [1.807, 2.05) is 0 Å². The Hall–Kier alpha value is -1.30. The van der Waals surface area contributed by atoms with Gasteiger partial charge in [-0.25, -0.2) is 9.78 Å². The monoisotopic (exact) mass is 302 g/mol. The van der Waals surface area contributed by atoms with Crippen molar-refractivity contribution in [2.45, 2.75) is 0 Å². The largest absolute Gasteiger partial charge is 0.464 e. The van der Waals surface area contributed by atoms with E-state index in [0.717, 1.165) is 11.3 Å². The SMILES string of the molecule is COC(=O)c1nc(N)sc1-c1cccc(Cl)c1Cl. The number of methoxy groups -OCH3 is 1. The predicted octanol–water partition coefficient (Wildman–Crippen LogP) is 3.49. The highest BCUT2D eigenvalue weighted by atomic mass is 35.5. The van der Waals surface area contributed by atoms with Crippen LogP contribution in [0.4, 0.5) is 5.13 Å². The summed E-state index contributed by atoms with van der Waals surface area (Å²) >= 11 is 13.2. The van der Waals surface area contributed by atoms with Gasteiger partial charge in [-0.05, 0) is 6.07 Å². The van der Waals surface area contributed by atoms with Crippen LogP contribution in [0.15, 0.2) is 18.2 Å². The minimum absolute atomic E-state index is 0.143. The molecule has 2 rings (SSSR count). The molecule has 2 N–H and O–H groups in total. The number of anilines is 1. The first-order valence-corrected chi connectivity index (χ1v) is 6.41. The van der Waals surface area contributed by atoms with Crippen molar-refractivity contribution in [3.8, 4) is 10.4 Å². The Morgan fingerprint density at radius 3 is 2.83 bits per heavy atom.